The van der Waals surface area contributed by atoms with Crippen molar-refractivity contribution in [2.45, 2.75) is 226 Å². The van der Waals surface area contributed by atoms with Crippen molar-refractivity contribution < 1.29 is 28.6 Å². The van der Waals surface area contributed by atoms with Crippen LogP contribution in [0.2, 0.25) is 0 Å². The van der Waals surface area contributed by atoms with Gasteiger partial charge in [0.1, 0.15) is 13.2 Å². The lowest BCUT2D eigenvalue weighted by Crippen LogP contribution is -2.30. The van der Waals surface area contributed by atoms with Gasteiger partial charge in [-0.05, 0) is 83.5 Å². The topological polar surface area (TPSA) is 78.9 Å². The Hall–Kier alpha value is -3.67. The van der Waals surface area contributed by atoms with E-state index in [0.29, 0.717) is 19.3 Å². The van der Waals surface area contributed by atoms with Gasteiger partial charge in [0.25, 0.3) is 0 Å². The molecule has 0 aromatic rings. The van der Waals surface area contributed by atoms with Crippen LogP contribution >= 0.6 is 0 Å². The van der Waals surface area contributed by atoms with E-state index in [1.54, 1.807) is 0 Å². The first-order valence-corrected chi connectivity index (χ1v) is 25.3. The molecule has 6 heteroatoms. The van der Waals surface area contributed by atoms with E-state index in [-0.39, 0.29) is 31.1 Å². The summed E-state index contributed by atoms with van der Waals surface area (Å²) >= 11 is 0. The van der Waals surface area contributed by atoms with Crippen LogP contribution in [0.3, 0.4) is 0 Å². The monoisotopic (exact) mass is 861 g/mol. The maximum absolute atomic E-state index is 12.8. The molecule has 0 radical (unpaired) electrons. The number of carbonyl (C=O) groups is 3. The van der Waals surface area contributed by atoms with Crippen molar-refractivity contribution in [2.24, 2.45) is 0 Å². The third kappa shape index (κ3) is 47.4. The molecule has 1 unspecified atom stereocenters. The lowest BCUT2D eigenvalue weighted by atomic mass is 10.1. The van der Waals surface area contributed by atoms with Crippen molar-refractivity contribution in [3.8, 4) is 0 Å². The summed E-state index contributed by atoms with van der Waals surface area (Å²) in [5.41, 5.74) is 0. The van der Waals surface area contributed by atoms with Gasteiger partial charge in [-0.2, -0.15) is 0 Å². The van der Waals surface area contributed by atoms with E-state index in [9.17, 15) is 14.4 Å². The van der Waals surface area contributed by atoms with E-state index in [4.69, 9.17) is 14.2 Å². The number of unbranched alkanes of at least 4 members (excludes halogenated alkanes) is 22. The molecule has 0 rings (SSSR count). The normalized spacial score (nSPS) is 12.9. The van der Waals surface area contributed by atoms with Gasteiger partial charge in [-0.25, -0.2) is 0 Å². The largest absolute Gasteiger partial charge is 0.462 e. The highest BCUT2D eigenvalue weighted by Gasteiger charge is 2.19. The van der Waals surface area contributed by atoms with Gasteiger partial charge in [-0.1, -0.05) is 214 Å². The molecular weight excluding hydrogens is 769 g/mol. The minimum atomic E-state index is -0.803. The highest BCUT2D eigenvalue weighted by molar-refractivity contribution is 5.71. The molecule has 0 aliphatic rings. The Morgan fingerprint density at radius 2 is 0.645 bits per heavy atom. The molecule has 6 nitrogen and oxygen atoms in total. The third-order valence-corrected chi connectivity index (χ3v) is 10.5. The zero-order valence-corrected chi connectivity index (χ0v) is 40.1. The molecule has 0 N–H and O–H groups in total. The van der Waals surface area contributed by atoms with Crippen LogP contribution in [-0.4, -0.2) is 37.2 Å². The van der Waals surface area contributed by atoms with E-state index >= 15 is 0 Å². The highest BCUT2D eigenvalue weighted by Crippen LogP contribution is 2.14. The number of hydrogen-bond acceptors (Lipinski definition) is 6. The van der Waals surface area contributed by atoms with E-state index < -0.39 is 6.10 Å². The Morgan fingerprint density at radius 1 is 0.339 bits per heavy atom. The Bertz CT molecular complexity index is 1260. The van der Waals surface area contributed by atoms with Crippen LogP contribution in [-0.2, 0) is 28.6 Å². The molecule has 0 saturated heterocycles. The summed E-state index contributed by atoms with van der Waals surface area (Å²) in [6.07, 6.45) is 65.3. The van der Waals surface area contributed by atoms with Gasteiger partial charge in [0.15, 0.2) is 6.10 Å². The van der Waals surface area contributed by atoms with Crippen LogP contribution in [0, 0.1) is 0 Å². The predicted molar refractivity (Wildman–Crippen MR) is 265 cm³/mol. The molecule has 1 atom stereocenters. The minimum Gasteiger partial charge on any atom is -0.462 e. The van der Waals surface area contributed by atoms with E-state index in [0.717, 1.165) is 103 Å². The summed E-state index contributed by atoms with van der Waals surface area (Å²) < 4.78 is 16.7. The van der Waals surface area contributed by atoms with Gasteiger partial charge in [0.2, 0.25) is 0 Å². The fourth-order valence-electron chi connectivity index (χ4n) is 6.68. The van der Waals surface area contributed by atoms with Crippen LogP contribution in [0.25, 0.3) is 0 Å². The van der Waals surface area contributed by atoms with Gasteiger partial charge in [-0.3, -0.25) is 14.4 Å². The number of esters is 3. The maximum Gasteiger partial charge on any atom is 0.306 e. The van der Waals surface area contributed by atoms with E-state index in [1.807, 2.05) is 36.5 Å². The lowest BCUT2D eigenvalue weighted by molar-refractivity contribution is -0.167. The molecule has 0 heterocycles. The van der Waals surface area contributed by atoms with Crippen LogP contribution < -0.4 is 0 Å². The van der Waals surface area contributed by atoms with Crippen molar-refractivity contribution in [3.05, 3.63) is 97.2 Å². The standard InChI is InChI=1S/C56H92O6/c1-4-7-10-13-16-19-22-25-27-29-31-34-37-40-43-46-49-55(58)61-52-53(51-60-54(57)48-45-42-39-36-33-30-24-21-18-15-12-9-6-3)62-56(59)50-47-44-41-38-35-32-28-26-23-20-17-14-11-8-5-2/h8-9,11-12,14-15,17-18,20-21,23-24,27,29-30,33,53H,4-7,10,13,16,19,22,25-26,28,31-32,34-52H2,1-3H3/b11-8+,12-9+,17-14+,18-15+,23-20+,24-21+,29-27+,33-30+. The van der Waals surface area contributed by atoms with Crippen LogP contribution in [0.5, 0.6) is 0 Å². The number of rotatable bonds is 44. The van der Waals surface area contributed by atoms with Gasteiger partial charge < -0.3 is 14.2 Å². The van der Waals surface area contributed by atoms with Crippen LogP contribution in [0.15, 0.2) is 97.2 Å². The molecule has 0 bridgehead atoms. The van der Waals surface area contributed by atoms with Crippen molar-refractivity contribution in [1.29, 1.82) is 0 Å². The molecule has 0 aliphatic carbocycles. The first kappa shape index (κ1) is 58.3. The second-order valence-electron chi connectivity index (χ2n) is 16.5. The molecule has 0 saturated carbocycles. The van der Waals surface area contributed by atoms with Gasteiger partial charge in [0.05, 0.1) is 0 Å². The lowest BCUT2D eigenvalue weighted by Gasteiger charge is -2.18. The summed E-state index contributed by atoms with van der Waals surface area (Å²) in [7, 11) is 0. The summed E-state index contributed by atoms with van der Waals surface area (Å²) in [5, 5.41) is 0. The van der Waals surface area contributed by atoms with Crippen molar-refractivity contribution in [3.63, 3.8) is 0 Å². The molecular formula is C56H92O6. The molecule has 0 aromatic heterocycles. The average molecular weight is 861 g/mol. The minimum absolute atomic E-state index is 0.101. The maximum atomic E-state index is 12.8. The number of hydrogen-bond donors (Lipinski definition) is 0. The second kappa shape index (κ2) is 50.0. The molecule has 0 aromatic carbocycles. The number of ether oxygens (including phenoxy) is 3. The van der Waals surface area contributed by atoms with Crippen LogP contribution in [0.1, 0.15) is 220 Å². The summed E-state index contributed by atoms with van der Waals surface area (Å²) in [6.45, 7) is 6.30. The second-order valence-corrected chi connectivity index (χ2v) is 16.5. The Kier molecular flexibility index (Phi) is 47.0. The average Bonchev–Trinajstić information content (AvgIpc) is 3.27. The van der Waals surface area contributed by atoms with Gasteiger partial charge in [0, 0.05) is 19.3 Å². The molecule has 0 aliphatic heterocycles. The molecule has 62 heavy (non-hydrogen) atoms. The summed E-state index contributed by atoms with van der Waals surface area (Å²) in [5.74, 6) is -0.965. The molecule has 0 fully saturated rings. The van der Waals surface area contributed by atoms with Crippen molar-refractivity contribution in [1.82, 2.24) is 0 Å². The fourth-order valence-corrected chi connectivity index (χ4v) is 6.68. The predicted octanol–water partition coefficient (Wildman–Crippen LogP) is 16.6. The third-order valence-electron chi connectivity index (χ3n) is 10.5. The van der Waals surface area contributed by atoms with Crippen molar-refractivity contribution in [2.75, 3.05) is 13.2 Å². The highest BCUT2D eigenvalue weighted by atomic mass is 16.6. The fraction of sp³-hybridized carbons (Fsp3) is 0.661. The first-order valence-electron chi connectivity index (χ1n) is 25.3. The quantitative estimate of drug-likeness (QED) is 0.0200. The Labute approximate surface area is 381 Å². The van der Waals surface area contributed by atoms with E-state index in [2.05, 4.69) is 81.5 Å². The van der Waals surface area contributed by atoms with Crippen LogP contribution in [0.4, 0.5) is 0 Å². The zero-order chi connectivity index (χ0) is 45.1. The number of allylic oxidation sites excluding steroid dienone is 16. The van der Waals surface area contributed by atoms with Crippen molar-refractivity contribution >= 4 is 17.9 Å². The molecule has 0 amide bonds. The Morgan fingerprint density at radius 3 is 1.05 bits per heavy atom. The Balaban J connectivity index is 4.47. The summed E-state index contributed by atoms with van der Waals surface area (Å²) in [4.78, 5) is 37.9. The van der Waals surface area contributed by atoms with Gasteiger partial charge >= 0.3 is 17.9 Å². The van der Waals surface area contributed by atoms with Gasteiger partial charge in [-0.15, -0.1) is 0 Å². The SMILES string of the molecule is CC/C=C/C=C/C=C/C=C/CCCCCC(=O)OCC(COC(=O)CCCCCCC/C=C/CCCCCCCCC)OC(=O)CCCCCCCCC/C=C/C=C/C=C/CC. The van der Waals surface area contributed by atoms with E-state index in [1.165, 1.54) is 77.0 Å². The molecule has 352 valence electrons. The number of carbonyl (C=O) groups excluding carboxylic acids is 3. The molecule has 0 spiro atoms. The first-order chi connectivity index (χ1) is 30.5. The summed E-state index contributed by atoms with van der Waals surface area (Å²) in [6, 6.07) is 0. The zero-order valence-electron chi connectivity index (χ0n) is 40.1. The smallest absolute Gasteiger partial charge is 0.306 e.